The lowest BCUT2D eigenvalue weighted by atomic mass is 10.2. The molecule has 140 valence electrons. The number of nitrogens with zero attached hydrogens (tertiary/aromatic N) is 4. The predicted molar refractivity (Wildman–Crippen MR) is 106 cm³/mol. The Balaban J connectivity index is 1.53. The van der Waals surface area contributed by atoms with E-state index in [1.807, 2.05) is 45.9 Å². The highest BCUT2D eigenvalue weighted by atomic mass is 32.1. The Morgan fingerprint density at radius 1 is 1.15 bits per heavy atom. The summed E-state index contributed by atoms with van der Waals surface area (Å²) in [6, 6.07) is 2.02. The van der Waals surface area contributed by atoms with Gasteiger partial charge < -0.3 is 9.80 Å². The average Bonchev–Trinajstić information content (AvgIpc) is 3.34. The van der Waals surface area contributed by atoms with Crippen molar-refractivity contribution in [3.05, 3.63) is 27.9 Å². The monoisotopic (exact) mass is 392 g/mol. The number of amides is 2. The van der Waals surface area contributed by atoms with E-state index < -0.39 is 0 Å². The molecule has 0 aromatic carbocycles. The lowest BCUT2D eigenvalue weighted by Gasteiger charge is -2.34. The number of carbonyl (C=O) groups is 2. The van der Waals surface area contributed by atoms with Crippen LogP contribution in [-0.4, -0.2) is 77.3 Å². The van der Waals surface area contributed by atoms with Crippen LogP contribution in [0.15, 0.2) is 22.2 Å². The molecular weight excluding hydrogens is 368 g/mol. The summed E-state index contributed by atoms with van der Waals surface area (Å²) < 4.78 is 0. The standard InChI is InChI=1S/C18H24N4O2S2/c1-3-21(4-2)16(23)11-20-6-8-22(9-7-20)18(24)15-13-26-17(19-15)14-5-10-25-12-14/h5,10,12-13H,3-4,6-9,11H2,1-2H3. The van der Waals surface area contributed by atoms with E-state index in [2.05, 4.69) is 9.88 Å². The van der Waals surface area contributed by atoms with Gasteiger partial charge in [-0.05, 0) is 25.3 Å². The lowest BCUT2D eigenvalue weighted by Crippen LogP contribution is -2.51. The number of likely N-dealkylation sites (N-methyl/N-ethyl adjacent to an activating group) is 1. The molecule has 0 bridgehead atoms. The molecule has 0 spiro atoms. The maximum absolute atomic E-state index is 12.7. The maximum Gasteiger partial charge on any atom is 0.273 e. The van der Waals surface area contributed by atoms with Gasteiger partial charge in [-0.15, -0.1) is 11.3 Å². The molecule has 0 radical (unpaired) electrons. The molecule has 0 saturated carbocycles. The van der Waals surface area contributed by atoms with Crippen LogP contribution in [0.1, 0.15) is 24.3 Å². The van der Waals surface area contributed by atoms with E-state index in [0.717, 1.165) is 36.8 Å². The highest BCUT2D eigenvalue weighted by Crippen LogP contribution is 2.26. The van der Waals surface area contributed by atoms with E-state index in [1.54, 1.807) is 11.3 Å². The number of hydrogen-bond donors (Lipinski definition) is 0. The van der Waals surface area contributed by atoms with Crippen molar-refractivity contribution in [1.29, 1.82) is 0 Å². The van der Waals surface area contributed by atoms with Gasteiger partial charge in [0.15, 0.2) is 0 Å². The van der Waals surface area contributed by atoms with Crippen molar-refractivity contribution in [2.45, 2.75) is 13.8 Å². The summed E-state index contributed by atoms with van der Waals surface area (Å²) in [6.07, 6.45) is 0. The number of rotatable bonds is 6. The summed E-state index contributed by atoms with van der Waals surface area (Å²) in [5.74, 6) is 0.145. The smallest absolute Gasteiger partial charge is 0.273 e. The second kappa shape index (κ2) is 8.75. The van der Waals surface area contributed by atoms with Crippen LogP contribution in [0.5, 0.6) is 0 Å². The fourth-order valence-electron chi connectivity index (χ4n) is 3.03. The van der Waals surface area contributed by atoms with Gasteiger partial charge in [0.2, 0.25) is 5.91 Å². The number of carbonyl (C=O) groups excluding carboxylic acids is 2. The quantitative estimate of drug-likeness (QED) is 0.758. The summed E-state index contributed by atoms with van der Waals surface area (Å²) in [5.41, 5.74) is 1.59. The van der Waals surface area contributed by atoms with E-state index in [1.165, 1.54) is 11.3 Å². The van der Waals surface area contributed by atoms with Crippen molar-refractivity contribution in [3.63, 3.8) is 0 Å². The minimum Gasteiger partial charge on any atom is -0.342 e. The Morgan fingerprint density at radius 2 is 1.88 bits per heavy atom. The zero-order chi connectivity index (χ0) is 18.5. The van der Waals surface area contributed by atoms with Crippen LogP contribution >= 0.6 is 22.7 Å². The van der Waals surface area contributed by atoms with Crippen molar-refractivity contribution in [2.75, 3.05) is 45.8 Å². The van der Waals surface area contributed by atoms with Gasteiger partial charge in [0.1, 0.15) is 10.7 Å². The molecular formula is C18H24N4O2S2. The zero-order valence-electron chi connectivity index (χ0n) is 15.2. The van der Waals surface area contributed by atoms with Crippen molar-refractivity contribution >= 4 is 34.5 Å². The molecule has 26 heavy (non-hydrogen) atoms. The fourth-order valence-corrected chi connectivity index (χ4v) is 4.54. The highest BCUT2D eigenvalue weighted by molar-refractivity contribution is 7.14. The third kappa shape index (κ3) is 4.31. The van der Waals surface area contributed by atoms with Crippen molar-refractivity contribution in [3.8, 4) is 10.6 Å². The summed E-state index contributed by atoms with van der Waals surface area (Å²) >= 11 is 3.13. The lowest BCUT2D eigenvalue weighted by molar-refractivity contribution is -0.132. The van der Waals surface area contributed by atoms with E-state index in [-0.39, 0.29) is 11.8 Å². The fraction of sp³-hybridized carbons (Fsp3) is 0.500. The second-order valence-corrected chi connectivity index (χ2v) is 7.82. The van der Waals surface area contributed by atoms with Gasteiger partial charge in [0.05, 0.1) is 6.54 Å². The van der Waals surface area contributed by atoms with Gasteiger partial charge in [-0.2, -0.15) is 11.3 Å². The molecule has 6 nitrogen and oxygen atoms in total. The largest absolute Gasteiger partial charge is 0.342 e. The van der Waals surface area contributed by atoms with Crippen molar-refractivity contribution in [2.24, 2.45) is 0 Å². The van der Waals surface area contributed by atoms with E-state index in [0.29, 0.717) is 25.3 Å². The molecule has 1 fully saturated rings. The molecule has 0 aliphatic carbocycles. The van der Waals surface area contributed by atoms with Gasteiger partial charge in [-0.1, -0.05) is 0 Å². The third-order valence-electron chi connectivity index (χ3n) is 4.63. The van der Waals surface area contributed by atoms with Crippen LogP contribution in [0.3, 0.4) is 0 Å². The molecule has 3 heterocycles. The average molecular weight is 393 g/mol. The number of thiazole rings is 1. The van der Waals surface area contributed by atoms with E-state index in [9.17, 15) is 9.59 Å². The van der Waals surface area contributed by atoms with E-state index >= 15 is 0 Å². The molecule has 8 heteroatoms. The minimum atomic E-state index is -0.0163. The van der Waals surface area contributed by atoms with Gasteiger partial charge in [0, 0.05) is 55.6 Å². The number of aromatic nitrogens is 1. The first kappa shape index (κ1) is 19.0. The molecule has 2 aromatic rings. The number of hydrogen-bond acceptors (Lipinski definition) is 6. The van der Waals surface area contributed by atoms with Gasteiger partial charge in [-0.25, -0.2) is 4.98 Å². The topological polar surface area (TPSA) is 56.8 Å². The third-order valence-corrected chi connectivity index (χ3v) is 6.20. The van der Waals surface area contributed by atoms with Crippen LogP contribution in [0, 0.1) is 0 Å². The van der Waals surface area contributed by atoms with Crippen LogP contribution in [0.2, 0.25) is 0 Å². The number of piperazine rings is 1. The van der Waals surface area contributed by atoms with Crippen LogP contribution in [0.4, 0.5) is 0 Å². The molecule has 0 N–H and O–H groups in total. The molecule has 1 aliphatic rings. The normalized spacial score (nSPS) is 15.2. The summed E-state index contributed by atoms with van der Waals surface area (Å²) in [6.45, 7) is 8.62. The highest BCUT2D eigenvalue weighted by Gasteiger charge is 2.25. The molecule has 1 saturated heterocycles. The molecule has 2 aromatic heterocycles. The Hall–Kier alpha value is -1.77. The Labute approximate surface area is 162 Å². The first-order valence-electron chi connectivity index (χ1n) is 8.89. The zero-order valence-corrected chi connectivity index (χ0v) is 16.8. The summed E-state index contributed by atoms with van der Waals surface area (Å²) in [7, 11) is 0. The molecule has 3 rings (SSSR count). The molecule has 1 aliphatic heterocycles. The maximum atomic E-state index is 12.7. The first-order valence-corrected chi connectivity index (χ1v) is 10.7. The molecule has 0 atom stereocenters. The van der Waals surface area contributed by atoms with Crippen LogP contribution in [0.25, 0.3) is 10.6 Å². The Bertz CT molecular complexity index is 732. The Kier molecular flexibility index (Phi) is 6.39. The second-order valence-electron chi connectivity index (χ2n) is 6.18. The summed E-state index contributed by atoms with van der Waals surface area (Å²) in [5, 5.41) is 6.78. The van der Waals surface area contributed by atoms with Crippen molar-refractivity contribution in [1.82, 2.24) is 19.7 Å². The van der Waals surface area contributed by atoms with Crippen LogP contribution in [-0.2, 0) is 4.79 Å². The van der Waals surface area contributed by atoms with Gasteiger partial charge >= 0.3 is 0 Å². The Morgan fingerprint density at radius 3 is 2.50 bits per heavy atom. The summed E-state index contributed by atoms with van der Waals surface area (Å²) in [4.78, 5) is 35.2. The SMILES string of the molecule is CCN(CC)C(=O)CN1CCN(C(=O)c2csc(-c3ccsc3)n2)CC1. The van der Waals surface area contributed by atoms with Crippen molar-refractivity contribution < 1.29 is 9.59 Å². The van der Waals surface area contributed by atoms with Crippen LogP contribution < -0.4 is 0 Å². The number of thiophene rings is 1. The van der Waals surface area contributed by atoms with Gasteiger partial charge in [0.25, 0.3) is 5.91 Å². The van der Waals surface area contributed by atoms with Gasteiger partial charge in [-0.3, -0.25) is 14.5 Å². The first-order chi connectivity index (χ1) is 12.6. The van der Waals surface area contributed by atoms with E-state index in [4.69, 9.17) is 0 Å². The molecule has 2 amide bonds. The minimum absolute atomic E-state index is 0.0163. The molecule has 0 unspecified atom stereocenters. The predicted octanol–water partition coefficient (Wildman–Crippen LogP) is 2.50.